The Hall–Kier alpha value is -1.69. The first-order valence-corrected chi connectivity index (χ1v) is 7.99. The van der Waals surface area contributed by atoms with Crippen molar-refractivity contribution in [2.75, 3.05) is 6.61 Å². The molecule has 118 valence electrons. The molecule has 0 spiro atoms. The second kappa shape index (κ2) is 7.54. The number of hydrogen-bond acceptors (Lipinski definition) is 3. The molecule has 0 aliphatic carbocycles. The number of rotatable bonds is 5. The van der Waals surface area contributed by atoms with Crippen molar-refractivity contribution in [3.63, 3.8) is 0 Å². The van der Waals surface area contributed by atoms with Gasteiger partial charge in [-0.25, -0.2) is 9.18 Å². The standard InChI is InChI=1S/C16H18BrFN2O2/c1-3-4-7-22-16(21)20-10(2)12-5-6-19-15-13(12)8-11(17)9-14(15)18/h5-6,8-10H,3-4,7H2,1-2H3,(H,20,21). The highest BCUT2D eigenvalue weighted by atomic mass is 79.9. The number of amides is 1. The van der Waals surface area contributed by atoms with Crippen LogP contribution >= 0.6 is 15.9 Å². The Balaban J connectivity index is 2.21. The molecule has 0 saturated heterocycles. The van der Waals surface area contributed by atoms with E-state index >= 15 is 0 Å². The van der Waals surface area contributed by atoms with Crippen LogP contribution in [0.2, 0.25) is 0 Å². The van der Waals surface area contributed by atoms with E-state index in [0.717, 1.165) is 18.4 Å². The van der Waals surface area contributed by atoms with E-state index in [1.54, 1.807) is 12.1 Å². The largest absolute Gasteiger partial charge is 0.450 e. The van der Waals surface area contributed by atoms with Crippen molar-refractivity contribution in [2.24, 2.45) is 0 Å². The molecule has 22 heavy (non-hydrogen) atoms. The van der Waals surface area contributed by atoms with Gasteiger partial charge in [0.2, 0.25) is 0 Å². The Morgan fingerprint density at radius 3 is 3.00 bits per heavy atom. The molecule has 1 amide bonds. The van der Waals surface area contributed by atoms with Crippen molar-refractivity contribution in [1.82, 2.24) is 10.3 Å². The lowest BCUT2D eigenvalue weighted by Crippen LogP contribution is -2.27. The van der Waals surface area contributed by atoms with Crippen LogP contribution in [0.3, 0.4) is 0 Å². The molecule has 0 bridgehead atoms. The average Bonchev–Trinajstić information content (AvgIpc) is 2.46. The van der Waals surface area contributed by atoms with Gasteiger partial charge < -0.3 is 10.1 Å². The fourth-order valence-electron chi connectivity index (χ4n) is 2.18. The highest BCUT2D eigenvalue weighted by Gasteiger charge is 2.15. The Morgan fingerprint density at radius 1 is 1.50 bits per heavy atom. The summed E-state index contributed by atoms with van der Waals surface area (Å²) in [6.07, 6.45) is 2.86. The van der Waals surface area contributed by atoms with Crippen molar-refractivity contribution in [1.29, 1.82) is 0 Å². The van der Waals surface area contributed by atoms with Crippen LogP contribution in [0.25, 0.3) is 10.9 Å². The van der Waals surface area contributed by atoms with Crippen LogP contribution in [0, 0.1) is 5.82 Å². The number of unbranched alkanes of at least 4 members (excludes halogenated alkanes) is 1. The summed E-state index contributed by atoms with van der Waals surface area (Å²) in [5, 5.41) is 3.42. The predicted molar refractivity (Wildman–Crippen MR) is 87.2 cm³/mol. The number of carbonyl (C=O) groups is 1. The van der Waals surface area contributed by atoms with E-state index in [-0.39, 0.29) is 11.6 Å². The first-order chi connectivity index (χ1) is 10.5. The highest BCUT2D eigenvalue weighted by Crippen LogP contribution is 2.27. The summed E-state index contributed by atoms with van der Waals surface area (Å²) in [7, 11) is 0. The van der Waals surface area contributed by atoms with Gasteiger partial charge in [-0.15, -0.1) is 0 Å². The highest BCUT2D eigenvalue weighted by molar-refractivity contribution is 9.10. The zero-order valence-electron chi connectivity index (χ0n) is 12.5. The number of fused-ring (bicyclic) bond motifs is 1. The molecular weight excluding hydrogens is 351 g/mol. The molecule has 0 aliphatic rings. The molecule has 0 saturated carbocycles. The third kappa shape index (κ3) is 3.94. The van der Waals surface area contributed by atoms with E-state index in [0.29, 0.717) is 16.5 Å². The van der Waals surface area contributed by atoms with Crippen molar-refractivity contribution in [3.8, 4) is 0 Å². The lowest BCUT2D eigenvalue weighted by molar-refractivity contribution is 0.141. The number of ether oxygens (including phenoxy) is 1. The number of pyridine rings is 1. The molecule has 1 N–H and O–H groups in total. The molecule has 0 radical (unpaired) electrons. The van der Waals surface area contributed by atoms with Gasteiger partial charge in [0.25, 0.3) is 0 Å². The maximum Gasteiger partial charge on any atom is 0.407 e. The minimum Gasteiger partial charge on any atom is -0.450 e. The molecule has 4 nitrogen and oxygen atoms in total. The summed E-state index contributed by atoms with van der Waals surface area (Å²) in [5.41, 5.74) is 1.08. The van der Waals surface area contributed by atoms with Crippen molar-refractivity contribution in [3.05, 3.63) is 40.2 Å². The number of halogens is 2. The summed E-state index contributed by atoms with van der Waals surface area (Å²) in [5.74, 6) is -0.399. The monoisotopic (exact) mass is 368 g/mol. The molecule has 1 heterocycles. The normalized spacial score (nSPS) is 12.2. The van der Waals surface area contributed by atoms with Crippen molar-refractivity contribution in [2.45, 2.75) is 32.7 Å². The zero-order valence-corrected chi connectivity index (χ0v) is 14.1. The van der Waals surface area contributed by atoms with Gasteiger partial charge in [-0.2, -0.15) is 0 Å². The van der Waals surface area contributed by atoms with Crippen LogP contribution in [-0.4, -0.2) is 17.7 Å². The maximum atomic E-state index is 14.0. The van der Waals surface area contributed by atoms with E-state index in [9.17, 15) is 9.18 Å². The van der Waals surface area contributed by atoms with Crippen LogP contribution < -0.4 is 5.32 Å². The van der Waals surface area contributed by atoms with Crippen molar-refractivity contribution >= 4 is 32.9 Å². The van der Waals surface area contributed by atoms with Gasteiger partial charge >= 0.3 is 6.09 Å². The molecule has 0 fully saturated rings. The number of alkyl carbamates (subject to hydrolysis) is 1. The number of aromatic nitrogens is 1. The number of hydrogen-bond donors (Lipinski definition) is 1. The molecule has 1 atom stereocenters. The molecule has 2 aromatic rings. The minimum absolute atomic E-state index is 0.286. The lowest BCUT2D eigenvalue weighted by atomic mass is 10.0. The Kier molecular flexibility index (Phi) is 5.71. The summed E-state index contributed by atoms with van der Waals surface area (Å²) >= 11 is 3.28. The molecule has 1 unspecified atom stereocenters. The van der Waals surface area contributed by atoms with Crippen LogP contribution in [0.1, 0.15) is 38.3 Å². The number of carbonyl (C=O) groups excluding carboxylic acids is 1. The van der Waals surface area contributed by atoms with Gasteiger partial charge in [0, 0.05) is 16.1 Å². The number of nitrogens with one attached hydrogen (secondary N) is 1. The van der Waals surface area contributed by atoms with Gasteiger partial charge in [-0.1, -0.05) is 29.3 Å². The Morgan fingerprint density at radius 2 is 2.27 bits per heavy atom. The van der Waals surface area contributed by atoms with Crippen LogP contribution in [-0.2, 0) is 4.74 Å². The van der Waals surface area contributed by atoms with Gasteiger partial charge in [0.15, 0.2) is 5.82 Å². The van der Waals surface area contributed by atoms with Crippen molar-refractivity contribution < 1.29 is 13.9 Å². The fourth-order valence-corrected chi connectivity index (χ4v) is 2.61. The topological polar surface area (TPSA) is 51.2 Å². The van der Waals surface area contributed by atoms with E-state index in [4.69, 9.17) is 4.74 Å². The van der Waals surface area contributed by atoms with Gasteiger partial charge in [0.1, 0.15) is 5.52 Å². The average molecular weight is 369 g/mol. The van der Waals surface area contributed by atoms with E-state index in [1.807, 2.05) is 13.8 Å². The second-order valence-electron chi connectivity index (χ2n) is 5.04. The van der Waals surface area contributed by atoms with E-state index < -0.39 is 11.9 Å². The van der Waals surface area contributed by atoms with Gasteiger partial charge in [-0.05, 0) is 37.1 Å². The van der Waals surface area contributed by atoms with Crippen LogP contribution in [0.15, 0.2) is 28.9 Å². The third-order valence-electron chi connectivity index (χ3n) is 3.33. The minimum atomic E-state index is -0.471. The first kappa shape index (κ1) is 16.7. The Labute approximate surface area is 137 Å². The molecule has 1 aromatic carbocycles. The zero-order chi connectivity index (χ0) is 16.1. The molecule has 1 aromatic heterocycles. The lowest BCUT2D eigenvalue weighted by Gasteiger charge is -2.16. The van der Waals surface area contributed by atoms with Crippen LogP contribution in [0.5, 0.6) is 0 Å². The summed E-state index contributed by atoms with van der Waals surface area (Å²) in [6, 6.07) is 4.62. The third-order valence-corrected chi connectivity index (χ3v) is 3.79. The quantitative estimate of drug-likeness (QED) is 0.776. The van der Waals surface area contributed by atoms with Crippen LogP contribution in [0.4, 0.5) is 9.18 Å². The summed E-state index contributed by atoms with van der Waals surface area (Å²) in [6.45, 7) is 4.25. The molecule has 6 heteroatoms. The second-order valence-corrected chi connectivity index (χ2v) is 5.96. The number of benzene rings is 1. The smallest absolute Gasteiger partial charge is 0.407 e. The Bertz CT molecular complexity index is 678. The maximum absolute atomic E-state index is 14.0. The van der Waals surface area contributed by atoms with Gasteiger partial charge in [-0.3, -0.25) is 4.98 Å². The van der Waals surface area contributed by atoms with E-state index in [2.05, 4.69) is 26.2 Å². The van der Waals surface area contributed by atoms with E-state index in [1.165, 1.54) is 12.3 Å². The number of nitrogens with zero attached hydrogens (tertiary/aromatic N) is 1. The molecule has 2 rings (SSSR count). The molecule has 0 aliphatic heterocycles. The van der Waals surface area contributed by atoms with Gasteiger partial charge in [0.05, 0.1) is 12.6 Å². The molecular formula is C16H18BrFN2O2. The summed E-state index contributed by atoms with van der Waals surface area (Å²) < 4.78 is 19.7. The SMILES string of the molecule is CCCCOC(=O)NC(C)c1ccnc2c(F)cc(Br)cc12. The summed E-state index contributed by atoms with van der Waals surface area (Å²) in [4.78, 5) is 15.8. The fraction of sp³-hybridized carbons (Fsp3) is 0.375. The first-order valence-electron chi connectivity index (χ1n) is 7.20. The predicted octanol–water partition coefficient (Wildman–Crippen LogP) is 4.72.